The van der Waals surface area contributed by atoms with Crippen LogP contribution in [-0.4, -0.2) is 24.3 Å². The molecule has 0 saturated heterocycles. The molecule has 0 atom stereocenters. The third-order valence-corrected chi connectivity index (χ3v) is 3.17. The first-order valence-corrected chi connectivity index (χ1v) is 7.64. The van der Waals surface area contributed by atoms with Crippen LogP contribution in [-0.2, 0) is 9.59 Å². The molecule has 0 aliphatic carbocycles. The quantitative estimate of drug-likeness (QED) is 0.670. The second kappa shape index (κ2) is 8.62. The maximum Gasteiger partial charge on any atom is 0.286 e. The number of rotatable bonds is 7. The maximum atomic E-state index is 13.7. The van der Waals surface area contributed by atoms with E-state index < -0.39 is 11.7 Å². The second-order valence-electron chi connectivity index (χ2n) is 5.26. The van der Waals surface area contributed by atoms with Crippen LogP contribution in [0.2, 0.25) is 0 Å². The summed E-state index contributed by atoms with van der Waals surface area (Å²) in [4.78, 5) is 34.5. The average Bonchev–Trinajstić information content (AvgIpc) is 3.08. The highest BCUT2D eigenvalue weighted by Crippen LogP contribution is 2.20. The van der Waals surface area contributed by atoms with Crippen molar-refractivity contribution in [3.8, 4) is 0 Å². The number of amides is 3. The van der Waals surface area contributed by atoms with Gasteiger partial charge in [0.05, 0.1) is 12.0 Å². The molecule has 1 heterocycles. The number of carbonyl (C=O) groups excluding carboxylic acids is 3. The highest BCUT2D eigenvalue weighted by atomic mass is 19.1. The summed E-state index contributed by atoms with van der Waals surface area (Å²) >= 11 is 0. The molecule has 0 unspecified atom stereocenters. The number of furan rings is 1. The standard InChI is InChI=1S/C17H18FN3O4/c1-11(22)20-12-6-7-13(18)14(10-12)21-16(23)5-2-8-19-17(24)15-4-3-9-25-15/h3-4,6-7,9-10H,2,5,8H2,1H3,(H,19,24)(H,20,22)(H,21,23). The molecular weight excluding hydrogens is 329 g/mol. The van der Waals surface area contributed by atoms with Crippen LogP contribution in [0.5, 0.6) is 0 Å². The first-order valence-electron chi connectivity index (χ1n) is 7.64. The molecule has 0 radical (unpaired) electrons. The van der Waals surface area contributed by atoms with Crippen molar-refractivity contribution in [2.24, 2.45) is 0 Å². The van der Waals surface area contributed by atoms with Gasteiger partial charge in [-0.1, -0.05) is 0 Å². The Labute approximate surface area is 143 Å². The van der Waals surface area contributed by atoms with Crippen LogP contribution in [0, 0.1) is 5.82 Å². The maximum absolute atomic E-state index is 13.7. The molecule has 0 saturated carbocycles. The monoisotopic (exact) mass is 347 g/mol. The Bertz CT molecular complexity index is 759. The highest BCUT2D eigenvalue weighted by Gasteiger charge is 2.10. The van der Waals surface area contributed by atoms with Gasteiger partial charge in [-0.25, -0.2) is 4.39 Å². The van der Waals surface area contributed by atoms with E-state index in [4.69, 9.17) is 4.42 Å². The molecule has 0 bridgehead atoms. The van der Waals surface area contributed by atoms with Crippen molar-refractivity contribution in [2.75, 3.05) is 17.2 Å². The SMILES string of the molecule is CC(=O)Nc1ccc(F)c(NC(=O)CCCNC(=O)c2ccco2)c1. The minimum absolute atomic E-state index is 0.0177. The van der Waals surface area contributed by atoms with Crippen LogP contribution in [0.3, 0.4) is 0 Å². The number of anilines is 2. The first kappa shape index (κ1) is 18.2. The van der Waals surface area contributed by atoms with E-state index in [0.29, 0.717) is 12.1 Å². The summed E-state index contributed by atoms with van der Waals surface area (Å²) in [5.74, 6) is -1.46. The number of carbonyl (C=O) groups is 3. The van der Waals surface area contributed by atoms with Gasteiger partial charge in [-0.05, 0) is 36.8 Å². The van der Waals surface area contributed by atoms with Gasteiger partial charge < -0.3 is 20.4 Å². The van der Waals surface area contributed by atoms with Crippen molar-refractivity contribution in [3.05, 3.63) is 48.2 Å². The van der Waals surface area contributed by atoms with Crippen molar-refractivity contribution >= 4 is 29.1 Å². The molecule has 0 fully saturated rings. The zero-order valence-electron chi connectivity index (χ0n) is 13.6. The molecular formula is C17H18FN3O4. The van der Waals surface area contributed by atoms with Crippen molar-refractivity contribution < 1.29 is 23.2 Å². The number of hydrogen-bond acceptors (Lipinski definition) is 4. The Hall–Kier alpha value is -3.16. The van der Waals surface area contributed by atoms with E-state index in [0.717, 1.165) is 6.07 Å². The van der Waals surface area contributed by atoms with Gasteiger partial charge in [-0.15, -0.1) is 0 Å². The largest absolute Gasteiger partial charge is 0.459 e. The van der Waals surface area contributed by atoms with Gasteiger partial charge in [0.2, 0.25) is 11.8 Å². The number of hydrogen-bond donors (Lipinski definition) is 3. The summed E-state index contributed by atoms with van der Waals surface area (Å²) in [6.45, 7) is 1.61. The fraction of sp³-hybridized carbons (Fsp3) is 0.235. The lowest BCUT2D eigenvalue weighted by atomic mass is 10.2. The molecule has 3 amide bonds. The summed E-state index contributed by atoms with van der Waals surface area (Å²) in [6, 6.07) is 7.03. The third-order valence-electron chi connectivity index (χ3n) is 3.17. The van der Waals surface area contributed by atoms with Gasteiger partial charge in [0.15, 0.2) is 5.76 Å². The number of halogens is 1. The summed E-state index contributed by atoms with van der Waals surface area (Å²) in [7, 11) is 0. The Morgan fingerprint density at radius 3 is 2.64 bits per heavy atom. The predicted molar refractivity (Wildman–Crippen MR) is 89.6 cm³/mol. The predicted octanol–water partition coefficient (Wildman–Crippen LogP) is 2.53. The van der Waals surface area contributed by atoms with Crippen LogP contribution in [0.15, 0.2) is 41.0 Å². The summed E-state index contributed by atoms with van der Waals surface area (Å²) < 4.78 is 18.7. The van der Waals surface area contributed by atoms with Crippen molar-refractivity contribution in [1.29, 1.82) is 0 Å². The topological polar surface area (TPSA) is 100 Å². The molecule has 2 rings (SSSR count). The normalized spacial score (nSPS) is 10.2. The van der Waals surface area contributed by atoms with Crippen molar-refractivity contribution in [3.63, 3.8) is 0 Å². The fourth-order valence-electron chi connectivity index (χ4n) is 2.06. The van der Waals surface area contributed by atoms with Gasteiger partial charge in [-0.3, -0.25) is 14.4 Å². The molecule has 25 heavy (non-hydrogen) atoms. The fourth-order valence-corrected chi connectivity index (χ4v) is 2.06. The summed E-state index contributed by atoms with van der Waals surface area (Å²) in [5.41, 5.74) is 0.366. The van der Waals surface area contributed by atoms with Gasteiger partial charge in [-0.2, -0.15) is 0 Å². The highest BCUT2D eigenvalue weighted by molar-refractivity contribution is 5.93. The zero-order chi connectivity index (χ0) is 18.2. The first-order chi connectivity index (χ1) is 12.0. The van der Waals surface area contributed by atoms with Gasteiger partial charge in [0, 0.05) is 25.6 Å². The van der Waals surface area contributed by atoms with E-state index in [1.165, 1.54) is 31.4 Å². The Balaban J connectivity index is 1.78. The molecule has 8 heteroatoms. The molecule has 0 spiro atoms. The molecule has 1 aromatic heterocycles. The molecule has 0 aliphatic heterocycles. The minimum Gasteiger partial charge on any atom is -0.459 e. The molecule has 3 N–H and O–H groups in total. The Morgan fingerprint density at radius 1 is 1.16 bits per heavy atom. The van der Waals surface area contributed by atoms with Crippen LogP contribution < -0.4 is 16.0 Å². The van der Waals surface area contributed by atoms with Crippen LogP contribution in [0.1, 0.15) is 30.3 Å². The minimum atomic E-state index is -0.603. The van der Waals surface area contributed by atoms with Crippen molar-refractivity contribution in [1.82, 2.24) is 5.32 Å². The van der Waals surface area contributed by atoms with Crippen LogP contribution in [0.4, 0.5) is 15.8 Å². The van der Waals surface area contributed by atoms with E-state index in [1.807, 2.05) is 0 Å². The van der Waals surface area contributed by atoms with E-state index in [2.05, 4.69) is 16.0 Å². The Kier molecular flexibility index (Phi) is 6.27. The van der Waals surface area contributed by atoms with Gasteiger partial charge in [0.1, 0.15) is 5.82 Å². The Morgan fingerprint density at radius 2 is 1.96 bits per heavy atom. The van der Waals surface area contributed by atoms with E-state index in [9.17, 15) is 18.8 Å². The number of benzene rings is 1. The second-order valence-corrected chi connectivity index (χ2v) is 5.26. The van der Waals surface area contributed by atoms with Gasteiger partial charge >= 0.3 is 0 Å². The van der Waals surface area contributed by atoms with Crippen molar-refractivity contribution in [2.45, 2.75) is 19.8 Å². The lowest BCUT2D eigenvalue weighted by Crippen LogP contribution is -2.25. The van der Waals surface area contributed by atoms with Crippen LogP contribution in [0.25, 0.3) is 0 Å². The van der Waals surface area contributed by atoms with E-state index >= 15 is 0 Å². The summed E-state index contributed by atoms with van der Waals surface area (Å²) in [6.07, 6.45) is 1.87. The molecule has 7 nitrogen and oxygen atoms in total. The van der Waals surface area contributed by atoms with E-state index in [-0.39, 0.29) is 36.2 Å². The lowest BCUT2D eigenvalue weighted by molar-refractivity contribution is -0.116. The smallest absolute Gasteiger partial charge is 0.286 e. The summed E-state index contributed by atoms with van der Waals surface area (Å²) in [5, 5.41) is 7.57. The number of nitrogens with one attached hydrogen (secondary N) is 3. The van der Waals surface area contributed by atoms with E-state index in [1.54, 1.807) is 6.07 Å². The molecule has 0 aliphatic rings. The third kappa shape index (κ3) is 5.76. The lowest BCUT2D eigenvalue weighted by Gasteiger charge is -2.09. The molecule has 132 valence electrons. The van der Waals surface area contributed by atoms with Gasteiger partial charge in [0.25, 0.3) is 5.91 Å². The molecule has 1 aromatic carbocycles. The molecule has 2 aromatic rings. The zero-order valence-corrected chi connectivity index (χ0v) is 13.6. The average molecular weight is 347 g/mol. The van der Waals surface area contributed by atoms with Crippen LogP contribution >= 0.6 is 0 Å².